The van der Waals surface area contributed by atoms with Crippen molar-refractivity contribution in [3.63, 3.8) is 0 Å². The number of carbonyl (C=O) groups is 4. The lowest BCUT2D eigenvalue weighted by atomic mass is 10.0. The molecule has 0 spiro atoms. The van der Waals surface area contributed by atoms with Crippen molar-refractivity contribution in [1.82, 2.24) is 10.6 Å². The van der Waals surface area contributed by atoms with Crippen LogP contribution < -0.4 is 10.6 Å². The molecule has 0 saturated heterocycles. The molecular formula is C44H80N2O7. The van der Waals surface area contributed by atoms with Crippen LogP contribution in [0.1, 0.15) is 206 Å². The van der Waals surface area contributed by atoms with E-state index in [9.17, 15) is 19.2 Å². The third-order valence-corrected chi connectivity index (χ3v) is 9.70. The zero-order valence-electron chi connectivity index (χ0n) is 34.0. The summed E-state index contributed by atoms with van der Waals surface area (Å²) in [6.45, 7) is 3.44. The van der Waals surface area contributed by atoms with Gasteiger partial charge in [0.15, 0.2) is 0 Å². The van der Waals surface area contributed by atoms with Crippen LogP contribution >= 0.6 is 0 Å². The molecule has 53 heavy (non-hydrogen) atoms. The molecule has 0 radical (unpaired) electrons. The van der Waals surface area contributed by atoms with Crippen molar-refractivity contribution in [2.45, 2.75) is 219 Å². The molecule has 2 unspecified atom stereocenters. The standard InChI is InChI=1S/C44H80N2O7/c1-3-5-7-9-11-12-13-14-15-16-17-18-19-20-21-22-23-28-32-36-43(50)53-39(33-29-25-10-8-6-4-2)34-30-26-24-27-31-35-41(48)45-37-42(49)46-40(38-47)44(51)52/h11-12,14-15,39-40,47H,3-10,13,16-38H2,1-2H3,(H,45,48)(H,46,49)(H,51,52)/b12-11-,15-14-. The Labute approximate surface area is 324 Å². The minimum Gasteiger partial charge on any atom is -0.480 e. The molecule has 2 atom stereocenters. The monoisotopic (exact) mass is 749 g/mol. The zero-order valence-corrected chi connectivity index (χ0v) is 34.0. The lowest BCUT2D eigenvalue weighted by molar-refractivity contribution is -0.150. The Bertz CT molecular complexity index is 952. The highest BCUT2D eigenvalue weighted by atomic mass is 16.5. The molecule has 0 rings (SSSR count). The van der Waals surface area contributed by atoms with E-state index in [-0.39, 0.29) is 24.5 Å². The van der Waals surface area contributed by atoms with E-state index in [0.717, 1.165) is 64.2 Å². The number of aliphatic carboxylic acids is 1. The number of carbonyl (C=O) groups excluding carboxylic acids is 3. The summed E-state index contributed by atoms with van der Waals surface area (Å²) >= 11 is 0. The number of aliphatic hydroxyl groups excluding tert-OH is 1. The van der Waals surface area contributed by atoms with Gasteiger partial charge in [0.1, 0.15) is 12.1 Å². The molecule has 2 amide bonds. The van der Waals surface area contributed by atoms with E-state index in [4.69, 9.17) is 14.9 Å². The Morgan fingerprint density at radius 3 is 1.55 bits per heavy atom. The van der Waals surface area contributed by atoms with Crippen LogP contribution in [0, 0.1) is 0 Å². The van der Waals surface area contributed by atoms with Gasteiger partial charge in [0.2, 0.25) is 11.8 Å². The van der Waals surface area contributed by atoms with Gasteiger partial charge in [0.05, 0.1) is 13.2 Å². The molecule has 9 nitrogen and oxygen atoms in total. The van der Waals surface area contributed by atoms with E-state index in [1.807, 2.05) is 0 Å². The Balaban J connectivity index is 4.06. The second kappa shape index (κ2) is 39.0. The first-order valence-corrected chi connectivity index (χ1v) is 21.7. The topological polar surface area (TPSA) is 142 Å². The van der Waals surface area contributed by atoms with Crippen molar-refractivity contribution >= 4 is 23.8 Å². The summed E-state index contributed by atoms with van der Waals surface area (Å²) in [4.78, 5) is 47.4. The fourth-order valence-corrected chi connectivity index (χ4v) is 6.33. The molecule has 0 aromatic rings. The summed E-state index contributed by atoms with van der Waals surface area (Å²) in [7, 11) is 0. The molecule has 308 valence electrons. The summed E-state index contributed by atoms with van der Waals surface area (Å²) in [5.41, 5.74) is 0. The van der Waals surface area contributed by atoms with E-state index in [2.05, 4.69) is 48.8 Å². The highest BCUT2D eigenvalue weighted by Crippen LogP contribution is 2.19. The van der Waals surface area contributed by atoms with Gasteiger partial charge in [-0.25, -0.2) is 4.79 Å². The molecule has 0 aromatic heterocycles. The molecule has 4 N–H and O–H groups in total. The van der Waals surface area contributed by atoms with Gasteiger partial charge in [-0.2, -0.15) is 0 Å². The fourth-order valence-electron chi connectivity index (χ4n) is 6.33. The normalized spacial score (nSPS) is 12.7. The Kier molecular flexibility index (Phi) is 37.1. The number of rotatable bonds is 39. The van der Waals surface area contributed by atoms with Gasteiger partial charge in [-0.3, -0.25) is 14.4 Å². The third-order valence-electron chi connectivity index (χ3n) is 9.70. The van der Waals surface area contributed by atoms with Crippen molar-refractivity contribution in [3.8, 4) is 0 Å². The van der Waals surface area contributed by atoms with Gasteiger partial charge in [0, 0.05) is 12.8 Å². The van der Waals surface area contributed by atoms with Crippen molar-refractivity contribution in [2.75, 3.05) is 13.2 Å². The Morgan fingerprint density at radius 1 is 0.566 bits per heavy atom. The van der Waals surface area contributed by atoms with Crippen molar-refractivity contribution < 1.29 is 34.1 Å². The van der Waals surface area contributed by atoms with Crippen LogP contribution in [0.5, 0.6) is 0 Å². The van der Waals surface area contributed by atoms with Gasteiger partial charge in [-0.05, 0) is 70.6 Å². The molecule has 9 heteroatoms. The van der Waals surface area contributed by atoms with Gasteiger partial charge in [-0.15, -0.1) is 0 Å². The van der Waals surface area contributed by atoms with Crippen LogP contribution in [0.2, 0.25) is 0 Å². The lowest BCUT2D eigenvalue weighted by Gasteiger charge is -2.18. The quantitative estimate of drug-likeness (QED) is 0.0278. The van der Waals surface area contributed by atoms with Gasteiger partial charge < -0.3 is 25.6 Å². The minimum atomic E-state index is -1.38. The van der Waals surface area contributed by atoms with Crippen LogP contribution in [-0.4, -0.2) is 59.3 Å². The summed E-state index contributed by atoms with van der Waals surface area (Å²) in [5, 5.41) is 22.5. The van der Waals surface area contributed by atoms with E-state index >= 15 is 0 Å². The number of unbranched alkanes of at least 4 members (excludes halogenated alkanes) is 21. The highest BCUT2D eigenvalue weighted by molar-refractivity contribution is 5.87. The van der Waals surface area contributed by atoms with Crippen LogP contribution in [0.4, 0.5) is 0 Å². The second-order valence-corrected chi connectivity index (χ2v) is 14.8. The molecule has 0 aromatic carbocycles. The van der Waals surface area contributed by atoms with Crippen LogP contribution in [0.25, 0.3) is 0 Å². The fraction of sp³-hybridized carbons (Fsp3) is 0.818. The number of carboxylic acid groups (broad SMARTS) is 1. The highest BCUT2D eigenvalue weighted by Gasteiger charge is 2.19. The van der Waals surface area contributed by atoms with E-state index in [0.29, 0.717) is 19.3 Å². The van der Waals surface area contributed by atoms with Gasteiger partial charge in [0.25, 0.3) is 0 Å². The van der Waals surface area contributed by atoms with E-state index < -0.39 is 24.5 Å². The maximum absolute atomic E-state index is 12.7. The maximum atomic E-state index is 12.7. The first-order chi connectivity index (χ1) is 25.8. The molecular weight excluding hydrogens is 668 g/mol. The summed E-state index contributed by atoms with van der Waals surface area (Å²) in [6.07, 6.45) is 42.2. The number of carboxylic acids is 1. The number of hydrogen-bond acceptors (Lipinski definition) is 6. The molecule has 0 bridgehead atoms. The predicted molar refractivity (Wildman–Crippen MR) is 218 cm³/mol. The van der Waals surface area contributed by atoms with Crippen molar-refractivity contribution in [3.05, 3.63) is 24.3 Å². The molecule has 0 aliphatic rings. The molecule has 0 aliphatic heterocycles. The average Bonchev–Trinajstić information content (AvgIpc) is 3.14. The zero-order chi connectivity index (χ0) is 39.0. The summed E-state index contributed by atoms with van der Waals surface area (Å²) < 4.78 is 5.99. The average molecular weight is 749 g/mol. The SMILES string of the molecule is CCCCC/C=C\C/C=C\CCCCCCCCCCCC(=O)OC(CCCCCCCC)CCCCCCCC(=O)NCC(=O)NC(CO)C(=O)O. The Morgan fingerprint density at radius 2 is 1.02 bits per heavy atom. The minimum absolute atomic E-state index is 0.00944. The second-order valence-electron chi connectivity index (χ2n) is 14.8. The largest absolute Gasteiger partial charge is 0.480 e. The molecule has 0 fully saturated rings. The van der Waals surface area contributed by atoms with Gasteiger partial charge >= 0.3 is 11.9 Å². The number of aliphatic hydroxyl groups is 1. The molecule has 0 aliphatic carbocycles. The van der Waals surface area contributed by atoms with E-state index in [1.165, 1.54) is 109 Å². The first kappa shape index (κ1) is 50.3. The third kappa shape index (κ3) is 36.1. The van der Waals surface area contributed by atoms with Gasteiger partial charge in [-0.1, -0.05) is 147 Å². The van der Waals surface area contributed by atoms with E-state index in [1.54, 1.807) is 0 Å². The molecule has 0 heterocycles. The van der Waals surface area contributed by atoms with Crippen LogP contribution in [-0.2, 0) is 23.9 Å². The van der Waals surface area contributed by atoms with Crippen LogP contribution in [0.3, 0.4) is 0 Å². The number of amides is 2. The molecule has 0 saturated carbocycles. The van der Waals surface area contributed by atoms with Crippen molar-refractivity contribution in [1.29, 1.82) is 0 Å². The first-order valence-electron chi connectivity index (χ1n) is 21.7. The summed E-state index contributed by atoms with van der Waals surface area (Å²) in [5.74, 6) is -2.29. The number of esters is 1. The number of ether oxygens (including phenoxy) is 1. The maximum Gasteiger partial charge on any atom is 0.328 e. The number of nitrogens with one attached hydrogen (secondary N) is 2. The van der Waals surface area contributed by atoms with Crippen molar-refractivity contribution in [2.24, 2.45) is 0 Å². The smallest absolute Gasteiger partial charge is 0.328 e. The number of allylic oxidation sites excluding steroid dienone is 4. The van der Waals surface area contributed by atoms with Crippen LogP contribution in [0.15, 0.2) is 24.3 Å². The summed E-state index contributed by atoms with van der Waals surface area (Å²) in [6, 6.07) is -1.38. The Hall–Kier alpha value is -2.68. The lowest BCUT2D eigenvalue weighted by Crippen LogP contribution is -2.47. The predicted octanol–water partition coefficient (Wildman–Crippen LogP) is 10.4. The number of hydrogen-bond donors (Lipinski definition) is 4.